The van der Waals surface area contributed by atoms with E-state index in [0.29, 0.717) is 50.5 Å². The number of furan rings is 1. The lowest BCUT2D eigenvalue weighted by Gasteiger charge is -2.39. The van der Waals surface area contributed by atoms with Crippen molar-refractivity contribution in [2.75, 3.05) is 44.2 Å². The van der Waals surface area contributed by atoms with E-state index in [0.717, 1.165) is 12.8 Å². The van der Waals surface area contributed by atoms with Gasteiger partial charge < -0.3 is 19.1 Å². The molecule has 0 spiro atoms. The molecule has 2 fully saturated rings. The number of likely N-dealkylation sites (tertiary alicyclic amines) is 1. The van der Waals surface area contributed by atoms with Crippen LogP contribution in [0.25, 0.3) is 0 Å². The number of amides is 2. The number of hydrogen-bond acceptors (Lipinski definition) is 4. The van der Waals surface area contributed by atoms with Crippen molar-refractivity contribution in [1.82, 2.24) is 9.80 Å². The third-order valence-electron chi connectivity index (χ3n) is 5.61. The summed E-state index contributed by atoms with van der Waals surface area (Å²) >= 11 is 0. The first-order valence-corrected chi connectivity index (χ1v) is 9.73. The number of benzene rings is 1. The molecule has 2 aliphatic rings. The first kappa shape index (κ1) is 18.5. The van der Waals surface area contributed by atoms with E-state index in [1.165, 1.54) is 18.6 Å². The molecule has 0 bridgehead atoms. The molecular formula is C21H24FN3O3. The molecule has 2 aliphatic heterocycles. The van der Waals surface area contributed by atoms with Gasteiger partial charge in [-0.1, -0.05) is 12.1 Å². The Labute approximate surface area is 163 Å². The summed E-state index contributed by atoms with van der Waals surface area (Å²) in [5.41, 5.74) is 1.11. The van der Waals surface area contributed by atoms with Crippen LogP contribution in [0.1, 0.15) is 23.2 Å². The topological polar surface area (TPSA) is 57.0 Å². The van der Waals surface area contributed by atoms with Crippen LogP contribution in [0.15, 0.2) is 47.3 Å². The zero-order chi connectivity index (χ0) is 19.5. The highest BCUT2D eigenvalue weighted by molar-refractivity contribution is 5.94. The number of hydrogen-bond donors (Lipinski definition) is 0. The first-order chi connectivity index (χ1) is 13.6. The number of carbonyl (C=O) groups excluding carboxylic acids is 2. The summed E-state index contributed by atoms with van der Waals surface area (Å²) in [6.07, 6.45) is 4.53. The Balaban J connectivity index is 1.35. The van der Waals surface area contributed by atoms with Crippen LogP contribution in [0.3, 0.4) is 0 Å². The highest BCUT2D eigenvalue weighted by Crippen LogP contribution is 2.24. The molecule has 0 N–H and O–H groups in total. The van der Waals surface area contributed by atoms with Crippen molar-refractivity contribution in [2.24, 2.45) is 5.92 Å². The van der Waals surface area contributed by atoms with Crippen LogP contribution in [-0.4, -0.2) is 60.9 Å². The Morgan fingerprint density at radius 1 is 1.00 bits per heavy atom. The molecule has 4 rings (SSSR count). The zero-order valence-corrected chi connectivity index (χ0v) is 15.7. The first-order valence-electron chi connectivity index (χ1n) is 9.73. The van der Waals surface area contributed by atoms with Crippen LogP contribution in [0, 0.1) is 11.7 Å². The lowest BCUT2D eigenvalue weighted by molar-refractivity contribution is -0.137. The molecule has 7 heteroatoms. The molecule has 2 aromatic rings. The third-order valence-corrected chi connectivity index (χ3v) is 5.61. The molecule has 1 atom stereocenters. The van der Waals surface area contributed by atoms with Crippen molar-refractivity contribution in [3.63, 3.8) is 0 Å². The molecule has 2 saturated heterocycles. The summed E-state index contributed by atoms with van der Waals surface area (Å²) in [5.74, 6) is -0.402. The van der Waals surface area contributed by atoms with E-state index in [-0.39, 0.29) is 23.5 Å². The van der Waals surface area contributed by atoms with Crippen LogP contribution in [0.2, 0.25) is 0 Å². The average Bonchev–Trinajstić information content (AvgIpc) is 3.28. The quantitative estimate of drug-likeness (QED) is 0.815. The van der Waals surface area contributed by atoms with Crippen molar-refractivity contribution >= 4 is 17.5 Å². The summed E-state index contributed by atoms with van der Waals surface area (Å²) in [7, 11) is 0. The largest absolute Gasteiger partial charge is 0.472 e. The van der Waals surface area contributed by atoms with Gasteiger partial charge in [-0.2, -0.15) is 0 Å². The minimum Gasteiger partial charge on any atom is -0.472 e. The summed E-state index contributed by atoms with van der Waals surface area (Å²) in [6, 6.07) is 8.38. The number of anilines is 1. The Kier molecular flexibility index (Phi) is 5.32. The van der Waals surface area contributed by atoms with E-state index in [4.69, 9.17) is 4.42 Å². The molecule has 0 aliphatic carbocycles. The summed E-state index contributed by atoms with van der Waals surface area (Å²) in [6.45, 7) is 3.46. The predicted octanol–water partition coefficient (Wildman–Crippen LogP) is 2.62. The van der Waals surface area contributed by atoms with Gasteiger partial charge in [-0.15, -0.1) is 0 Å². The molecule has 0 saturated carbocycles. The number of halogens is 1. The third kappa shape index (κ3) is 3.74. The normalized spacial score (nSPS) is 20.3. The van der Waals surface area contributed by atoms with Crippen LogP contribution in [0.5, 0.6) is 0 Å². The van der Waals surface area contributed by atoms with Crippen molar-refractivity contribution in [1.29, 1.82) is 0 Å². The molecule has 6 nitrogen and oxygen atoms in total. The van der Waals surface area contributed by atoms with Gasteiger partial charge in [0.1, 0.15) is 12.1 Å². The molecular weight excluding hydrogens is 361 g/mol. The van der Waals surface area contributed by atoms with Gasteiger partial charge in [0.2, 0.25) is 5.91 Å². The van der Waals surface area contributed by atoms with Crippen LogP contribution >= 0.6 is 0 Å². The minimum absolute atomic E-state index is 0.0874. The van der Waals surface area contributed by atoms with Gasteiger partial charge in [0.05, 0.1) is 23.4 Å². The summed E-state index contributed by atoms with van der Waals surface area (Å²) in [4.78, 5) is 31.1. The molecule has 1 aromatic heterocycles. The van der Waals surface area contributed by atoms with Crippen LogP contribution in [0.4, 0.5) is 10.1 Å². The van der Waals surface area contributed by atoms with Crippen LogP contribution in [-0.2, 0) is 4.79 Å². The fourth-order valence-corrected chi connectivity index (χ4v) is 4.07. The summed E-state index contributed by atoms with van der Waals surface area (Å²) < 4.78 is 19.0. The second-order valence-electron chi connectivity index (χ2n) is 7.37. The highest BCUT2D eigenvalue weighted by Gasteiger charge is 2.33. The maximum Gasteiger partial charge on any atom is 0.257 e. The number of carbonyl (C=O) groups is 2. The Morgan fingerprint density at radius 3 is 2.50 bits per heavy atom. The van der Waals surface area contributed by atoms with E-state index in [2.05, 4.69) is 0 Å². The van der Waals surface area contributed by atoms with Crippen molar-refractivity contribution < 1.29 is 18.4 Å². The fraction of sp³-hybridized carbons (Fsp3) is 0.429. The minimum atomic E-state index is -0.233. The maximum atomic E-state index is 14.0. The number of para-hydroxylation sites is 1. The number of piperidine rings is 1. The maximum absolute atomic E-state index is 14.0. The van der Waals surface area contributed by atoms with E-state index < -0.39 is 0 Å². The molecule has 1 aromatic carbocycles. The van der Waals surface area contributed by atoms with Gasteiger partial charge in [-0.05, 0) is 31.0 Å². The molecule has 148 valence electrons. The second kappa shape index (κ2) is 8.04. The monoisotopic (exact) mass is 385 g/mol. The van der Waals surface area contributed by atoms with E-state index in [1.807, 2.05) is 15.9 Å². The number of piperazine rings is 1. The van der Waals surface area contributed by atoms with Crippen LogP contribution < -0.4 is 4.90 Å². The lowest BCUT2D eigenvalue weighted by atomic mass is 9.95. The van der Waals surface area contributed by atoms with Gasteiger partial charge >= 0.3 is 0 Å². The standard InChI is InChI=1S/C21H24FN3O3/c22-18-5-1-2-6-19(18)23-9-11-24(12-10-23)20(26)16-4-3-8-25(14-16)21(27)17-7-13-28-15-17/h1-2,5-7,13,15-16H,3-4,8-12,14H2. The van der Waals surface area contributed by atoms with Gasteiger partial charge in [-0.25, -0.2) is 4.39 Å². The van der Waals surface area contributed by atoms with Gasteiger partial charge in [0, 0.05) is 39.3 Å². The lowest BCUT2D eigenvalue weighted by Crippen LogP contribution is -2.53. The van der Waals surface area contributed by atoms with E-state index in [1.54, 1.807) is 23.1 Å². The molecule has 3 heterocycles. The Bertz CT molecular complexity index is 831. The average molecular weight is 385 g/mol. The van der Waals surface area contributed by atoms with Gasteiger partial charge in [0.25, 0.3) is 5.91 Å². The highest BCUT2D eigenvalue weighted by atomic mass is 19.1. The van der Waals surface area contributed by atoms with Crippen molar-refractivity contribution in [2.45, 2.75) is 12.8 Å². The van der Waals surface area contributed by atoms with Gasteiger partial charge in [-0.3, -0.25) is 9.59 Å². The molecule has 0 radical (unpaired) electrons. The fourth-order valence-electron chi connectivity index (χ4n) is 4.07. The number of nitrogens with zero attached hydrogens (tertiary/aromatic N) is 3. The van der Waals surface area contributed by atoms with Gasteiger partial charge in [0.15, 0.2) is 0 Å². The second-order valence-corrected chi connectivity index (χ2v) is 7.37. The summed E-state index contributed by atoms with van der Waals surface area (Å²) in [5, 5.41) is 0. The number of rotatable bonds is 3. The van der Waals surface area contributed by atoms with E-state index in [9.17, 15) is 14.0 Å². The van der Waals surface area contributed by atoms with E-state index >= 15 is 0 Å². The molecule has 1 unspecified atom stereocenters. The smallest absolute Gasteiger partial charge is 0.257 e. The SMILES string of the molecule is O=C(c1ccoc1)N1CCCC(C(=O)N2CCN(c3ccccc3F)CC2)C1. The molecule has 28 heavy (non-hydrogen) atoms. The zero-order valence-electron chi connectivity index (χ0n) is 15.7. The van der Waals surface area contributed by atoms with Crippen molar-refractivity contribution in [3.05, 3.63) is 54.2 Å². The van der Waals surface area contributed by atoms with Crippen molar-refractivity contribution in [3.8, 4) is 0 Å². The Hall–Kier alpha value is -2.83. The Morgan fingerprint density at radius 2 is 1.79 bits per heavy atom. The predicted molar refractivity (Wildman–Crippen MR) is 103 cm³/mol. The molecule has 2 amide bonds.